The van der Waals surface area contributed by atoms with Crippen molar-refractivity contribution < 1.29 is 25.8 Å². The topological polar surface area (TPSA) is 68.3 Å². The molecule has 0 bridgehead atoms. The molecule has 1 N–H and O–H groups in total. The zero-order valence-electron chi connectivity index (χ0n) is 15.5. The Morgan fingerprint density at radius 3 is 2.34 bits per heavy atom. The van der Waals surface area contributed by atoms with Gasteiger partial charge < -0.3 is 9.50 Å². The third kappa shape index (κ3) is 5.17. The molecule has 9 heteroatoms. The summed E-state index contributed by atoms with van der Waals surface area (Å²) in [6.07, 6.45) is 2.13. The standard InChI is InChI=1S/C20H19F3N2O3S/c1-2-3-14-4-6-15(7-5-14)13-24-19-11-8-16-12-17(9-10-18(16)25-19)28-29(26,27)20(21,22)23/h4-12H,2-3,13H2,1H3,(H,24,25). The average molecular weight is 424 g/mol. The fourth-order valence-electron chi connectivity index (χ4n) is 2.73. The van der Waals surface area contributed by atoms with Gasteiger partial charge >= 0.3 is 15.6 Å². The Morgan fingerprint density at radius 2 is 1.69 bits per heavy atom. The molecule has 2 aromatic carbocycles. The Kier molecular flexibility index (Phi) is 5.97. The van der Waals surface area contributed by atoms with Gasteiger partial charge in [-0.3, -0.25) is 0 Å². The summed E-state index contributed by atoms with van der Waals surface area (Å²) < 4.78 is 63.7. The van der Waals surface area contributed by atoms with Gasteiger partial charge in [0.15, 0.2) is 0 Å². The highest BCUT2D eigenvalue weighted by atomic mass is 32.2. The fraction of sp³-hybridized carbons (Fsp3) is 0.250. The first kappa shape index (κ1) is 20.9. The second kappa shape index (κ2) is 8.28. The van der Waals surface area contributed by atoms with Gasteiger partial charge in [0.1, 0.15) is 11.6 Å². The van der Waals surface area contributed by atoms with Crippen LogP contribution in [0.1, 0.15) is 24.5 Å². The van der Waals surface area contributed by atoms with E-state index in [0.29, 0.717) is 23.3 Å². The van der Waals surface area contributed by atoms with Crippen LogP contribution in [0.25, 0.3) is 10.9 Å². The lowest BCUT2D eigenvalue weighted by Crippen LogP contribution is -2.28. The Balaban J connectivity index is 1.70. The number of benzene rings is 2. The smallest absolute Gasteiger partial charge is 0.376 e. The number of aryl methyl sites for hydroxylation is 1. The van der Waals surface area contributed by atoms with Crippen LogP contribution >= 0.6 is 0 Å². The number of rotatable bonds is 7. The fourth-order valence-corrected chi connectivity index (χ4v) is 3.18. The van der Waals surface area contributed by atoms with Crippen LogP contribution in [0.15, 0.2) is 54.6 Å². The molecule has 0 amide bonds. The lowest BCUT2D eigenvalue weighted by Gasteiger charge is -2.11. The number of hydrogen-bond acceptors (Lipinski definition) is 5. The monoisotopic (exact) mass is 424 g/mol. The van der Waals surface area contributed by atoms with Gasteiger partial charge in [-0.2, -0.15) is 21.6 Å². The molecule has 0 aliphatic carbocycles. The molecule has 3 aromatic rings. The summed E-state index contributed by atoms with van der Waals surface area (Å²) in [6, 6.07) is 15.3. The van der Waals surface area contributed by atoms with E-state index in [1.807, 2.05) is 12.1 Å². The number of anilines is 1. The normalized spacial score (nSPS) is 12.1. The third-order valence-electron chi connectivity index (χ3n) is 4.19. The first-order chi connectivity index (χ1) is 13.7. The van der Waals surface area contributed by atoms with Gasteiger partial charge in [0.25, 0.3) is 0 Å². The van der Waals surface area contributed by atoms with Crippen LogP contribution in [0.2, 0.25) is 0 Å². The second-order valence-electron chi connectivity index (χ2n) is 6.45. The molecule has 0 fully saturated rings. The highest BCUT2D eigenvalue weighted by Crippen LogP contribution is 2.29. The first-order valence-electron chi connectivity index (χ1n) is 8.91. The quantitative estimate of drug-likeness (QED) is 0.426. The minimum absolute atomic E-state index is 0.426. The molecule has 0 aliphatic heterocycles. The molecule has 1 heterocycles. The van der Waals surface area contributed by atoms with Gasteiger partial charge in [0.2, 0.25) is 0 Å². The summed E-state index contributed by atoms with van der Waals surface area (Å²) in [5.74, 6) is 0.163. The number of pyridine rings is 1. The number of nitrogens with zero attached hydrogens (tertiary/aromatic N) is 1. The van der Waals surface area contributed by atoms with Crippen molar-refractivity contribution in [2.75, 3.05) is 5.32 Å². The van der Waals surface area contributed by atoms with Crippen molar-refractivity contribution in [1.29, 1.82) is 0 Å². The van der Waals surface area contributed by atoms with Gasteiger partial charge in [-0.15, -0.1) is 0 Å². The Labute approximate surface area is 166 Å². The van der Waals surface area contributed by atoms with Crippen molar-refractivity contribution in [3.05, 3.63) is 65.7 Å². The zero-order chi connectivity index (χ0) is 21.1. The largest absolute Gasteiger partial charge is 0.534 e. The van der Waals surface area contributed by atoms with E-state index in [1.54, 1.807) is 12.1 Å². The molecule has 0 unspecified atom stereocenters. The molecular formula is C20H19F3N2O3S. The highest BCUT2D eigenvalue weighted by molar-refractivity contribution is 7.88. The van der Waals surface area contributed by atoms with E-state index in [-0.39, 0.29) is 0 Å². The minimum Gasteiger partial charge on any atom is -0.376 e. The summed E-state index contributed by atoms with van der Waals surface area (Å²) in [5.41, 5.74) is -2.62. The summed E-state index contributed by atoms with van der Waals surface area (Å²) in [7, 11) is -5.71. The predicted molar refractivity (Wildman–Crippen MR) is 105 cm³/mol. The van der Waals surface area contributed by atoms with Crippen molar-refractivity contribution in [3.63, 3.8) is 0 Å². The van der Waals surface area contributed by atoms with E-state index in [1.165, 1.54) is 17.7 Å². The predicted octanol–water partition coefficient (Wildman–Crippen LogP) is 5.03. The molecule has 3 rings (SSSR count). The SMILES string of the molecule is CCCc1ccc(CNc2ccc3cc(OS(=O)(=O)C(F)(F)F)ccc3n2)cc1. The van der Waals surface area contributed by atoms with E-state index in [4.69, 9.17) is 0 Å². The lowest BCUT2D eigenvalue weighted by atomic mass is 10.1. The number of fused-ring (bicyclic) bond motifs is 1. The summed E-state index contributed by atoms with van der Waals surface area (Å²) in [4.78, 5) is 4.39. The van der Waals surface area contributed by atoms with Gasteiger partial charge in [-0.05, 0) is 47.9 Å². The lowest BCUT2D eigenvalue weighted by molar-refractivity contribution is -0.0500. The number of nitrogens with one attached hydrogen (secondary N) is 1. The van der Waals surface area contributed by atoms with Crippen LogP contribution in [0.4, 0.5) is 19.0 Å². The molecule has 0 spiro atoms. The maximum absolute atomic E-state index is 12.4. The van der Waals surface area contributed by atoms with E-state index >= 15 is 0 Å². The summed E-state index contributed by atoms with van der Waals surface area (Å²) in [5, 5.41) is 3.64. The van der Waals surface area contributed by atoms with Gasteiger partial charge in [0, 0.05) is 11.9 Å². The van der Waals surface area contributed by atoms with E-state index < -0.39 is 21.4 Å². The molecular weight excluding hydrogens is 405 g/mol. The van der Waals surface area contributed by atoms with E-state index in [9.17, 15) is 21.6 Å². The molecule has 0 radical (unpaired) electrons. The van der Waals surface area contributed by atoms with Gasteiger partial charge in [-0.25, -0.2) is 4.98 Å². The third-order valence-corrected chi connectivity index (χ3v) is 5.16. The minimum atomic E-state index is -5.71. The molecule has 5 nitrogen and oxygen atoms in total. The Hall–Kier alpha value is -2.81. The maximum Gasteiger partial charge on any atom is 0.534 e. The van der Waals surface area contributed by atoms with Crippen LogP contribution in [0.5, 0.6) is 5.75 Å². The molecule has 0 saturated carbocycles. The summed E-state index contributed by atoms with van der Waals surface area (Å²) in [6.45, 7) is 2.70. The van der Waals surface area contributed by atoms with Crippen LogP contribution < -0.4 is 9.50 Å². The van der Waals surface area contributed by atoms with Crippen LogP contribution in [0.3, 0.4) is 0 Å². The summed E-state index contributed by atoms with van der Waals surface area (Å²) >= 11 is 0. The van der Waals surface area contributed by atoms with Gasteiger partial charge in [0.05, 0.1) is 5.52 Å². The first-order valence-corrected chi connectivity index (χ1v) is 10.3. The van der Waals surface area contributed by atoms with Crippen LogP contribution in [-0.2, 0) is 23.1 Å². The van der Waals surface area contributed by atoms with Crippen LogP contribution in [0, 0.1) is 0 Å². The molecule has 154 valence electrons. The molecule has 0 atom stereocenters. The van der Waals surface area contributed by atoms with Crippen molar-refractivity contribution in [3.8, 4) is 5.75 Å². The molecule has 29 heavy (non-hydrogen) atoms. The van der Waals surface area contributed by atoms with E-state index in [0.717, 1.165) is 24.5 Å². The van der Waals surface area contributed by atoms with Crippen molar-refractivity contribution in [2.45, 2.75) is 31.8 Å². The zero-order valence-corrected chi connectivity index (χ0v) is 16.3. The van der Waals surface area contributed by atoms with Crippen molar-refractivity contribution in [2.24, 2.45) is 0 Å². The Morgan fingerprint density at radius 1 is 1.00 bits per heavy atom. The number of aromatic nitrogens is 1. The van der Waals surface area contributed by atoms with Crippen LogP contribution in [-0.4, -0.2) is 18.9 Å². The average Bonchev–Trinajstić information content (AvgIpc) is 2.66. The molecule has 0 aliphatic rings. The van der Waals surface area contributed by atoms with Crippen molar-refractivity contribution in [1.82, 2.24) is 4.98 Å². The van der Waals surface area contributed by atoms with Gasteiger partial charge in [-0.1, -0.05) is 37.6 Å². The Bertz CT molecular complexity index is 1100. The number of alkyl halides is 3. The second-order valence-corrected chi connectivity index (χ2v) is 7.99. The van der Waals surface area contributed by atoms with Crippen molar-refractivity contribution >= 4 is 26.8 Å². The molecule has 1 aromatic heterocycles. The molecule has 0 saturated heterocycles. The highest BCUT2D eigenvalue weighted by Gasteiger charge is 2.48. The van der Waals surface area contributed by atoms with E-state index in [2.05, 4.69) is 33.5 Å². The number of hydrogen-bond donors (Lipinski definition) is 1. The maximum atomic E-state index is 12.4. The number of halogens is 3.